The highest BCUT2D eigenvalue weighted by molar-refractivity contribution is 6.06. The molecule has 4 nitrogen and oxygen atoms in total. The molecule has 2 aromatic rings. The molecular weight excluding hydrogens is 276 g/mol. The van der Waals surface area contributed by atoms with Crippen molar-refractivity contribution >= 4 is 16.8 Å². The van der Waals surface area contributed by atoms with Crippen molar-refractivity contribution in [3.63, 3.8) is 0 Å². The zero-order valence-electron chi connectivity index (χ0n) is 13.6. The summed E-state index contributed by atoms with van der Waals surface area (Å²) < 4.78 is 5.51. The number of aromatic nitrogens is 1. The van der Waals surface area contributed by atoms with Crippen molar-refractivity contribution in [1.29, 1.82) is 0 Å². The van der Waals surface area contributed by atoms with E-state index in [0.717, 1.165) is 29.6 Å². The largest absolute Gasteiger partial charge is 0.381 e. The lowest BCUT2D eigenvalue weighted by atomic mass is 10.1. The number of carbonyl (C=O) groups is 1. The van der Waals surface area contributed by atoms with Crippen LogP contribution in [0.5, 0.6) is 0 Å². The Kier molecular flexibility index (Phi) is 5.90. The van der Waals surface area contributed by atoms with Crippen molar-refractivity contribution in [3.8, 4) is 0 Å². The van der Waals surface area contributed by atoms with Crippen molar-refractivity contribution in [2.75, 3.05) is 19.8 Å². The highest BCUT2D eigenvalue weighted by Gasteiger charge is 2.11. The van der Waals surface area contributed by atoms with Gasteiger partial charge in [-0.05, 0) is 31.4 Å². The Hall–Kier alpha value is -1.94. The van der Waals surface area contributed by atoms with Crippen LogP contribution in [0.15, 0.2) is 30.3 Å². The molecule has 1 aromatic heterocycles. The van der Waals surface area contributed by atoms with E-state index >= 15 is 0 Å². The van der Waals surface area contributed by atoms with Crippen LogP contribution in [0, 0.1) is 12.8 Å². The summed E-state index contributed by atoms with van der Waals surface area (Å²) in [6.07, 6.45) is 0.820. The third kappa shape index (κ3) is 4.53. The van der Waals surface area contributed by atoms with Gasteiger partial charge < -0.3 is 10.1 Å². The minimum Gasteiger partial charge on any atom is -0.381 e. The Morgan fingerprint density at radius 1 is 1.32 bits per heavy atom. The average molecular weight is 300 g/mol. The van der Waals surface area contributed by atoms with E-state index in [1.807, 2.05) is 37.3 Å². The van der Waals surface area contributed by atoms with Gasteiger partial charge in [0.05, 0.1) is 11.1 Å². The molecule has 1 N–H and O–H groups in total. The lowest BCUT2D eigenvalue weighted by molar-refractivity contribution is 0.0926. The topological polar surface area (TPSA) is 51.2 Å². The number of carbonyl (C=O) groups excluding carboxylic acids is 1. The number of para-hydroxylation sites is 1. The van der Waals surface area contributed by atoms with E-state index < -0.39 is 0 Å². The fourth-order valence-corrected chi connectivity index (χ4v) is 2.29. The van der Waals surface area contributed by atoms with Crippen LogP contribution >= 0.6 is 0 Å². The molecule has 0 saturated heterocycles. The first-order chi connectivity index (χ1) is 10.6. The van der Waals surface area contributed by atoms with Crippen LogP contribution in [0.1, 0.15) is 36.3 Å². The lowest BCUT2D eigenvalue weighted by Crippen LogP contribution is -2.25. The number of pyridine rings is 1. The molecule has 0 unspecified atom stereocenters. The van der Waals surface area contributed by atoms with Crippen LogP contribution in [0.25, 0.3) is 10.9 Å². The minimum absolute atomic E-state index is 0.0504. The maximum absolute atomic E-state index is 12.4. The molecule has 22 heavy (non-hydrogen) atoms. The van der Waals surface area contributed by atoms with E-state index in [2.05, 4.69) is 24.1 Å². The molecule has 0 spiro atoms. The van der Waals surface area contributed by atoms with Gasteiger partial charge in [-0.15, -0.1) is 0 Å². The second-order valence-electron chi connectivity index (χ2n) is 5.91. The van der Waals surface area contributed by atoms with Crippen molar-refractivity contribution in [2.24, 2.45) is 5.92 Å². The molecular formula is C18H24N2O2. The standard InChI is InChI=1S/C18H24N2O2/c1-13(2)12-22-10-6-9-19-18(21)16-11-14(3)20-17-8-5-4-7-15(16)17/h4-5,7-8,11,13H,6,9-10,12H2,1-3H3,(H,19,21). The van der Waals surface area contributed by atoms with Crippen molar-refractivity contribution in [3.05, 3.63) is 41.6 Å². The molecule has 0 atom stereocenters. The van der Waals surface area contributed by atoms with Gasteiger partial charge in [0.2, 0.25) is 0 Å². The van der Waals surface area contributed by atoms with Gasteiger partial charge in [-0.2, -0.15) is 0 Å². The number of aryl methyl sites for hydroxylation is 1. The second kappa shape index (κ2) is 7.90. The highest BCUT2D eigenvalue weighted by atomic mass is 16.5. The first-order valence-corrected chi connectivity index (χ1v) is 7.80. The molecule has 1 amide bonds. The Balaban J connectivity index is 1.93. The number of amides is 1. The SMILES string of the molecule is Cc1cc(C(=O)NCCCOCC(C)C)c2ccccc2n1. The highest BCUT2D eigenvalue weighted by Crippen LogP contribution is 2.18. The van der Waals surface area contributed by atoms with Gasteiger partial charge in [0, 0.05) is 30.8 Å². The minimum atomic E-state index is -0.0504. The summed E-state index contributed by atoms with van der Waals surface area (Å²) in [7, 11) is 0. The van der Waals surface area contributed by atoms with Crippen LogP contribution < -0.4 is 5.32 Å². The number of ether oxygens (including phenoxy) is 1. The summed E-state index contributed by atoms with van der Waals surface area (Å²) in [6, 6.07) is 9.56. The number of fused-ring (bicyclic) bond motifs is 1. The smallest absolute Gasteiger partial charge is 0.252 e. The molecule has 0 aliphatic heterocycles. The summed E-state index contributed by atoms with van der Waals surface area (Å²) in [5.41, 5.74) is 2.39. The Labute approximate surface area is 131 Å². The third-order valence-corrected chi connectivity index (χ3v) is 3.29. The van der Waals surface area contributed by atoms with Gasteiger partial charge in [-0.25, -0.2) is 0 Å². The van der Waals surface area contributed by atoms with Crippen molar-refractivity contribution in [2.45, 2.75) is 27.2 Å². The van der Waals surface area contributed by atoms with E-state index in [1.165, 1.54) is 0 Å². The summed E-state index contributed by atoms with van der Waals surface area (Å²) in [5, 5.41) is 3.85. The van der Waals surface area contributed by atoms with Crippen LogP contribution in [-0.4, -0.2) is 30.6 Å². The molecule has 118 valence electrons. The Morgan fingerprint density at radius 3 is 2.86 bits per heavy atom. The average Bonchev–Trinajstić information content (AvgIpc) is 2.49. The molecule has 0 aliphatic rings. The van der Waals surface area contributed by atoms with Gasteiger partial charge in [0.25, 0.3) is 5.91 Å². The lowest BCUT2D eigenvalue weighted by Gasteiger charge is -2.10. The van der Waals surface area contributed by atoms with Crippen LogP contribution in [0.3, 0.4) is 0 Å². The predicted octanol–water partition coefficient (Wildman–Crippen LogP) is 3.34. The summed E-state index contributed by atoms with van der Waals surface area (Å²) >= 11 is 0. The van der Waals surface area contributed by atoms with E-state index in [4.69, 9.17) is 4.74 Å². The molecule has 1 heterocycles. The van der Waals surface area contributed by atoms with E-state index in [1.54, 1.807) is 0 Å². The number of hydrogen-bond acceptors (Lipinski definition) is 3. The first-order valence-electron chi connectivity index (χ1n) is 7.80. The normalized spacial score (nSPS) is 11.1. The van der Waals surface area contributed by atoms with Gasteiger partial charge >= 0.3 is 0 Å². The third-order valence-electron chi connectivity index (χ3n) is 3.29. The van der Waals surface area contributed by atoms with E-state index in [0.29, 0.717) is 24.6 Å². The fraction of sp³-hybridized carbons (Fsp3) is 0.444. The molecule has 1 aromatic carbocycles. The maximum atomic E-state index is 12.4. The quantitative estimate of drug-likeness (QED) is 0.798. The molecule has 4 heteroatoms. The number of nitrogens with one attached hydrogen (secondary N) is 1. The zero-order chi connectivity index (χ0) is 15.9. The summed E-state index contributed by atoms with van der Waals surface area (Å²) in [6.45, 7) is 8.21. The van der Waals surface area contributed by atoms with Gasteiger partial charge in [-0.3, -0.25) is 9.78 Å². The molecule has 0 fully saturated rings. The number of rotatable bonds is 7. The summed E-state index contributed by atoms with van der Waals surface area (Å²) in [4.78, 5) is 16.8. The van der Waals surface area contributed by atoms with Gasteiger partial charge in [-0.1, -0.05) is 32.0 Å². The zero-order valence-corrected chi connectivity index (χ0v) is 13.6. The maximum Gasteiger partial charge on any atom is 0.252 e. The number of hydrogen-bond donors (Lipinski definition) is 1. The van der Waals surface area contributed by atoms with E-state index in [9.17, 15) is 4.79 Å². The van der Waals surface area contributed by atoms with Crippen LogP contribution in [0.2, 0.25) is 0 Å². The molecule has 2 rings (SSSR count). The monoisotopic (exact) mass is 300 g/mol. The summed E-state index contributed by atoms with van der Waals surface area (Å²) in [5.74, 6) is 0.492. The molecule has 0 saturated carbocycles. The number of nitrogens with zero attached hydrogens (tertiary/aromatic N) is 1. The predicted molar refractivity (Wildman–Crippen MR) is 89.1 cm³/mol. The first kappa shape index (κ1) is 16.4. The van der Waals surface area contributed by atoms with Gasteiger partial charge in [0.15, 0.2) is 0 Å². The van der Waals surface area contributed by atoms with Gasteiger partial charge in [0.1, 0.15) is 0 Å². The fourth-order valence-electron chi connectivity index (χ4n) is 2.29. The molecule has 0 aliphatic carbocycles. The van der Waals surface area contributed by atoms with Crippen LogP contribution in [-0.2, 0) is 4.74 Å². The second-order valence-corrected chi connectivity index (χ2v) is 5.91. The molecule has 0 bridgehead atoms. The molecule has 0 radical (unpaired) electrons. The van der Waals surface area contributed by atoms with Crippen molar-refractivity contribution in [1.82, 2.24) is 10.3 Å². The van der Waals surface area contributed by atoms with E-state index in [-0.39, 0.29) is 5.91 Å². The Bertz CT molecular complexity index is 638. The Morgan fingerprint density at radius 2 is 2.09 bits per heavy atom. The van der Waals surface area contributed by atoms with Crippen LogP contribution in [0.4, 0.5) is 0 Å². The number of benzene rings is 1. The van der Waals surface area contributed by atoms with Crippen molar-refractivity contribution < 1.29 is 9.53 Å².